The van der Waals surface area contributed by atoms with Gasteiger partial charge in [-0.15, -0.1) is 0 Å². The molecular weight excluding hydrogens is 350 g/mol. The quantitative estimate of drug-likeness (QED) is 0.662. The van der Waals surface area contributed by atoms with Crippen molar-refractivity contribution in [2.24, 2.45) is 0 Å². The highest BCUT2D eigenvalue weighted by Crippen LogP contribution is 2.24. The number of rotatable bonds is 5. The normalized spacial score (nSPS) is 10.3. The molecule has 1 aromatic heterocycles. The summed E-state index contributed by atoms with van der Waals surface area (Å²) in [6, 6.07) is 16.2. The van der Waals surface area contributed by atoms with E-state index < -0.39 is 0 Å². The van der Waals surface area contributed by atoms with Gasteiger partial charge in [0.15, 0.2) is 0 Å². The second-order valence-corrected chi connectivity index (χ2v) is 6.06. The fourth-order valence-corrected chi connectivity index (χ4v) is 2.60. The number of aromatic nitrogens is 1. The minimum atomic E-state index is -0.230. The molecule has 0 saturated carbocycles. The zero-order chi connectivity index (χ0) is 18.5. The summed E-state index contributed by atoms with van der Waals surface area (Å²) in [7, 11) is 1.61. The first-order valence-electron chi connectivity index (χ1n) is 8.00. The summed E-state index contributed by atoms with van der Waals surface area (Å²) in [5.74, 6) is 1.07. The van der Waals surface area contributed by atoms with Crippen LogP contribution in [0.2, 0.25) is 5.02 Å². The van der Waals surface area contributed by atoms with Gasteiger partial charge in [0.1, 0.15) is 11.6 Å². The van der Waals surface area contributed by atoms with Crippen LogP contribution in [0.1, 0.15) is 15.9 Å². The SMILES string of the molecule is COc1cccc(Nc2cc(C(=O)Nc3cccc(Cl)c3C)ccn2)c1. The number of benzene rings is 2. The first-order chi connectivity index (χ1) is 12.6. The van der Waals surface area contributed by atoms with E-state index in [9.17, 15) is 4.79 Å². The second-order valence-electron chi connectivity index (χ2n) is 5.65. The fourth-order valence-electron chi connectivity index (χ4n) is 2.43. The Hall–Kier alpha value is -3.05. The number of amides is 1. The maximum atomic E-state index is 12.6. The van der Waals surface area contributed by atoms with E-state index in [1.807, 2.05) is 37.3 Å². The van der Waals surface area contributed by atoms with E-state index in [1.165, 1.54) is 0 Å². The van der Waals surface area contributed by atoms with Gasteiger partial charge in [-0.05, 0) is 48.9 Å². The van der Waals surface area contributed by atoms with Crippen molar-refractivity contribution < 1.29 is 9.53 Å². The number of methoxy groups -OCH3 is 1. The third-order valence-corrected chi connectivity index (χ3v) is 4.29. The van der Waals surface area contributed by atoms with Crippen LogP contribution >= 0.6 is 11.6 Å². The van der Waals surface area contributed by atoms with Crippen LogP contribution in [0.4, 0.5) is 17.2 Å². The second kappa shape index (κ2) is 7.89. The number of carbonyl (C=O) groups excluding carboxylic acids is 1. The number of carbonyl (C=O) groups is 1. The Morgan fingerprint density at radius 2 is 1.92 bits per heavy atom. The largest absolute Gasteiger partial charge is 0.497 e. The van der Waals surface area contributed by atoms with Crippen LogP contribution in [0.25, 0.3) is 0 Å². The van der Waals surface area contributed by atoms with Crippen molar-refractivity contribution in [3.8, 4) is 5.75 Å². The van der Waals surface area contributed by atoms with Gasteiger partial charge in [-0.1, -0.05) is 23.7 Å². The van der Waals surface area contributed by atoms with Gasteiger partial charge >= 0.3 is 0 Å². The van der Waals surface area contributed by atoms with Crippen LogP contribution in [-0.2, 0) is 0 Å². The predicted molar refractivity (Wildman–Crippen MR) is 105 cm³/mol. The zero-order valence-corrected chi connectivity index (χ0v) is 15.2. The molecule has 26 heavy (non-hydrogen) atoms. The van der Waals surface area contributed by atoms with Gasteiger partial charge in [-0.25, -0.2) is 4.98 Å². The highest BCUT2D eigenvalue weighted by Gasteiger charge is 2.10. The molecule has 0 radical (unpaired) electrons. The molecule has 3 aromatic rings. The molecule has 0 fully saturated rings. The van der Waals surface area contributed by atoms with E-state index in [2.05, 4.69) is 15.6 Å². The van der Waals surface area contributed by atoms with Crippen LogP contribution in [0, 0.1) is 6.92 Å². The Morgan fingerprint density at radius 3 is 2.73 bits per heavy atom. The number of anilines is 3. The molecule has 0 unspecified atom stereocenters. The molecule has 0 bridgehead atoms. The van der Waals surface area contributed by atoms with Crippen molar-refractivity contribution in [3.05, 3.63) is 76.9 Å². The number of hydrogen-bond acceptors (Lipinski definition) is 4. The molecule has 3 rings (SSSR count). The first-order valence-corrected chi connectivity index (χ1v) is 8.38. The lowest BCUT2D eigenvalue weighted by Crippen LogP contribution is -2.13. The minimum absolute atomic E-state index is 0.230. The molecule has 6 heteroatoms. The van der Waals surface area contributed by atoms with Gasteiger partial charge in [0.2, 0.25) is 0 Å². The van der Waals surface area contributed by atoms with Crippen molar-refractivity contribution in [1.29, 1.82) is 0 Å². The third-order valence-electron chi connectivity index (χ3n) is 3.88. The molecular formula is C20H18ClN3O2. The number of nitrogens with one attached hydrogen (secondary N) is 2. The molecule has 1 heterocycles. The molecule has 0 atom stereocenters. The monoisotopic (exact) mass is 367 g/mol. The maximum absolute atomic E-state index is 12.6. The van der Waals surface area contributed by atoms with Gasteiger partial charge < -0.3 is 15.4 Å². The molecule has 132 valence electrons. The zero-order valence-electron chi connectivity index (χ0n) is 14.4. The average Bonchev–Trinajstić information content (AvgIpc) is 2.66. The Morgan fingerprint density at radius 1 is 1.12 bits per heavy atom. The standard InChI is InChI=1S/C20H18ClN3O2/c1-13-17(21)7-4-8-18(13)24-20(25)14-9-10-22-19(11-14)23-15-5-3-6-16(12-15)26-2/h3-12H,1-2H3,(H,22,23)(H,24,25). The highest BCUT2D eigenvalue weighted by molar-refractivity contribution is 6.31. The Labute approximate surface area is 157 Å². The number of nitrogens with zero attached hydrogens (tertiary/aromatic N) is 1. The minimum Gasteiger partial charge on any atom is -0.497 e. The van der Waals surface area contributed by atoms with Gasteiger partial charge in [-0.2, -0.15) is 0 Å². The summed E-state index contributed by atoms with van der Waals surface area (Å²) >= 11 is 6.10. The summed E-state index contributed by atoms with van der Waals surface area (Å²) < 4.78 is 5.21. The van der Waals surface area contributed by atoms with Gasteiger partial charge in [-0.3, -0.25) is 4.79 Å². The molecule has 0 aliphatic carbocycles. The number of halogens is 1. The van der Waals surface area contributed by atoms with Gasteiger partial charge in [0, 0.05) is 34.2 Å². The van der Waals surface area contributed by atoms with Crippen molar-refractivity contribution in [1.82, 2.24) is 4.98 Å². The molecule has 0 spiro atoms. The van der Waals surface area contributed by atoms with Crippen LogP contribution in [0.3, 0.4) is 0 Å². The summed E-state index contributed by atoms with van der Waals surface area (Å²) in [6.07, 6.45) is 1.59. The fraction of sp³-hybridized carbons (Fsp3) is 0.100. The topological polar surface area (TPSA) is 63.2 Å². The van der Waals surface area contributed by atoms with Gasteiger partial charge in [0.25, 0.3) is 5.91 Å². The Balaban J connectivity index is 1.78. The molecule has 0 saturated heterocycles. The molecule has 2 aromatic carbocycles. The van der Waals surface area contributed by atoms with Crippen LogP contribution in [0.15, 0.2) is 60.8 Å². The van der Waals surface area contributed by atoms with E-state index in [0.717, 1.165) is 17.0 Å². The summed E-state index contributed by atoms with van der Waals surface area (Å²) in [4.78, 5) is 16.8. The number of ether oxygens (including phenoxy) is 1. The molecule has 1 amide bonds. The van der Waals surface area contributed by atoms with Crippen molar-refractivity contribution in [2.45, 2.75) is 6.92 Å². The van der Waals surface area contributed by atoms with Crippen LogP contribution in [-0.4, -0.2) is 18.0 Å². The Bertz CT molecular complexity index is 944. The van der Waals surface area contributed by atoms with E-state index in [1.54, 1.807) is 37.6 Å². The summed E-state index contributed by atoms with van der Waals surface area (Å²) in [6.45, 7) is 1.86. The molecule has 0 aliphatic rings. The lowest BCUT2D eigenvalue weighted by molar-refractivity contribution is 0.102. The van der Waals surface area contributed by atoms with E-state index in [4.69, 9.17) is 16.3 Å². The average molecular weight is 368 g/mol. The third kappa shape index (κ3) is 4.13. The van der Waals surface area contributed by atoms with Crippen molar-refractivity contribution in [2.75, 3.05) is 17.7 Å². The lowest BCUT2D eigenvalue weighted by atomic mass is 10.2. The molecule has 0 aliphatic heterocycles. The number of hydrogen-bond donors (Lipinski definition) is 2. The molecule has 5 nitrogen and oxygen atoms in total. The van der Waals surface area contributed by atoms with E-state index in [0.29, 0.717) is 22.1 Å². The highest BCUT2D eigenvalue weighted by atomic mass is 35.5. The summed E-state index contributed by atoms with van der Waals surface area (Å²) in [5.41, 5.74) is 2.82. The van der Waals surface area contributed by atoms with Crippen molar-refractivity contribution in [3.63, 3.8) is 0 Å². The number of pyridine rings is 1. The van der Waals surface area contributed by atoms with Crippen LogP contribution in [0.5, 0.6) is 5.75 Å². The smallest absolute Gasteiger partial charge is 0.255 e. The van der Waals surface area contributed by atoms with E-state index in [-0.39, 0.29) is 5.91 Å². The summed E-state index contributed by atoms with van der Waals surface area (Å²) in [5, 5.41) is 6.65. The maximum Gasteiger partial charge on any atom is 0.255 e. The molecule has 2 N–H and O–H groups in total. The predicted octanol–water partition coefficient (Wildman–Crippen LogP) is 5.05. The van der Waals surface area contributed by atoms with Crippen molar-refractivity contribution >= 4 is 34.7 Å². The first kappa shape index (κ1) is 17.8. The van der Waals surface area contributed by atoms with E-state index >= 15 is 0 Å². The lowest BCUT2D eigenvalue weighted by Gasteiger charge is -2.11. The van der Waals surface area contributed by atoms with Gasteiger partial charge in [0.05, 0.1) is 7.11 Å². The Kier molecular flexibility index (Phi) is 5.39. The van der Waals surface area contributed by atoms with Crippen LogP contribution < -0.4 is 15.4 Å².